The predicted octanol–water partition coefficient (Wildman–Crippen LogP) is 13.3. The van der Waals surface area contributed by atoms with E-state index in [2.05, 4.69) is 316 Å². The zero-order valence-electron chi connectivity index (χ0n) is 42.7. The first kappa shape index (κ1) is 44.4. The number of aromatic nitrogens is 2. The van der Waals surface area contributed by atoms with Gasteiger partial charge in [-0.05, 0) is 134 Å². The highest BCUT2D eigenvalue weighted by Gasteiger charge is 2.46. The Morgan fingerprint density at radius 2 is 0.641 bits per heavy atom. The molecule has 0 spiro atoms. The van der Waals surface area contributed by atoms with E-state index in [1.165, 1.54) is 103 Å². The van der Waals surface area contributed by atoms with Crippen LogP contribution in [-0.2, 0) is 0 Å². The molecule has 78 heavy (non-hydrogen) atoms. The molecule has 0 atom stereocenters. The molecule has 12 aromatic carbocycles. The average molecular weight is 1010 g/mol. The van der Waals surface area contributed by atoms with Crippen molar-refractivity contribution in [3.05, 3.63) is 297 Å². The predicted molar refractivity (Wildman–Crippen MR) is 333 cm³/mol. The lowest BCUT2D eigenvalue weighted by molar-refractivity contribution is 1.18. The van der Waals surface area contributed by atoms with Gasteiger partial charge < -0.3 is 18.9 Å². The largest absolute Gasteiger partial charge is 0.311 e. The second-order valence-corrected chi connectivity index (χ2v) is 24.6. The number of hydrogen-bond donors (Lipinski definition) is 0. The molecule has 0 amide bonds. The number of hydrogen-bond acceptors (Lipinski definition) is 2. The summed E-state index contributed by atoms with van der Waals surface area (Å²) in [7, 11) is -2.95. The standard InChI is InChI=1S/C72H49BN4Si/c1-6-23-50(24-7-1)74-64-36-19-16-33-58(64)60-47-52(41-45-66(60)74)76-68-38-21-18-35-62(68)73-63-44-43-57(78(54-27-10-3-11-28-54,55-29-12-4-13-30-55)56-31-14-5-15-32-56)49-71(63)77(70-40-22-39-69(76)72(70)73)53-42-46-67-61(48-53)59-34-17-20-37-65(59)75(67)51-25-8-2-9-26-51/h1-49H. The zero-order valence-corrected chi connectivity index (χ0v) is 43.7. The third-order valence-electron chi connectivity index (χ3n) is 16.8. The molecule has 0 fully saturated rings. The molecule has 16 rings (SSSR count). The van der Waals surface area contributed by atoms with Crippen molar-refractivity contribution in [3.8, 4) is 11.4 Å². The zero-order chi connectivity index (χ0) is 51.3. The molecular formula is C72H49BN4Si. The van der Waals surface area contributed by atoms with Gasteiger partial charge in [-0.3, -0.25) is 0 Å². The van der Waals surface area contributed by atoms with E-state index in [1.54, 1.807) is 0 Å². The topological polar surface area (TPSA) is 16.3 Å². The van der Waals surface area contributed by atoms with Gasteiger partial charge in [-0.2, -0.15) is 0 Å². The second-order valence-electron chi connectivity index (χ2n) is 20.8. The summed E-state index contributed by atoms with van der Waals surface area (Å²) in [6.45, 7) is -0.0438. The fourth-order valence-electron chi connectivity index (χ4n) is 13.6. The maximum Gasteiger partial charge on any atom is 0.252 e. The Morgan fingerprint density at radius 1 is 0.244 bits per heavy atom. The van der Waals surface area contributed by atoms with Crippen molar-refractivity contribution < 1.29 is 0 Å². The molecule has 0 saturated carbocycles. The minimum absolute atomic E-state index is 0.0438. The Bertz CT molecular complexity index is 4540. The second kappa shape index (κ2) is 17.6. The van der Waals surface area contributed by atoms with Crippen molar-refractivity contribution in [2.24, 2.45) is 0 Å². The summed E-state index contributed by atoms with van der Waals surface area (Å²) >= 11 is 0. The van der Waals surface area contributed by atoms with Crippen molar-refractivity contribution in [3.63, 3.8) is 0 Å². The summed E-state index contributed by atoms with van der Waals surface area (Å²) in [5.41, 5.74) is 17.9. The molecule has 0 N–H and O–H groups in total. The minimum atomic E-state index is -2.95. The number of benzene rings is 12. The van der Waals surface area contributed by atoms with Gasteiger partial charge in [0.15, 0.2) is 8.07 Å². The van der Waals surface area contributed by atoms with Gasteiger partial charge in [-0.1, -0.05) is 200 Å². The van der Waals surface area contributed by atoms with E-state index >= 15 is 0 Å². The van der Waals surface area contributed by atoms with Gasteiger partial charge in [0.05, 0.1) is 22.1 Å². The molecule has 6 heteroatoms. The summed E-state index contributed by atoms with van der Waals surface area (Å²) in [5, 5.41) is 10.3. The van der Waals surface area contributed by atoms with Crippen LogP contribution >= 0.6 is 0 Å². The van der Waals surface area contributed by atoms with Gasteiger partial charge in [0.1, 0.15) is 0 Å². The van der Waals surface area contributed by atoms with Crippen molar-refractivity contribution in [2.45, 2.75) is 0 Å². The fourth-order valence-corrected chi connectivity index (χ4v) is 18.4. The Labute approximate surface area is 454 Å². The van der Waals surface area contributed by atoms with E-state index in [0.717, 1.165) is 22.7 Å². The molecule has 14 aromatic rings. The van der Waals surface area contributed by atoms with Crippen LogP contribution in [-0.4, -0.2) is 23.9 Å². The number of anilines is 6. The molecule has 2 aliphatic rings. The highest BCUT2D eigenvalue weighted by atomic mass is 28.3. The van der Waals surface area contributed by atoms with Crippen molar-refractivity contribution >= 4 is 130 Å². The van der Waals surface area contributed by atoms with Gasteiger partial charge in [-0.25, -0.2) is 0 Å². The highest BCUT2D eigenvalue weighted by Crippen LogP contribution is 2.46. The first-order chi connectivity index (χ1) is 38.7. The van der Waals surface area contributed by atoms with Crippen LogP contribution in [0.2, 0.25) is 0 Å². The molecule has 2 aromatic heterocycles. The van der Waals surface area contributed by atoms with Crippen molar-refractivity contribution in [1.82, 2.24) is 9.13 Å². The summed E-state index contributed by atoms with van der Waals surface area (Å²) in [6.07, 6.45) is 0. The summed E-state index contributed by atoms with van der Waals surface area (Å²) in [5.74, 6) is 0. The number of rotatable bonds is 8. The van der Waals surface area contributed by atoms with E-state index in [-0.39, 0.29) is 6.71 Å². The van der Waals surface area contributed by atoms with Crippen LogP contribution in [0.1, 0.15) is 0 Å². The Kier molecular flexibility index (Phi) is 10.0. The lowest BCUT2D eigenvalue weighted by Gasteiger charge is -2.44. The number of nitrogens with zero attached hydrogens (tertiary/aromatic N) is 4. The average Bonchev–Trinajstić information content (AvgIpc) is 4.17. The Morgan fingerprint density at radius 3 is 1.15 bits per heavy atom. The molecule has 4 heterocycles. The summed E-state index contributed by atoms with van der Waals surface area (Å²) < 4.78 is 4.82. The van der Waals surface area contributed by atoms with Gasteiger partial charge in [-0.15, -0.1) is 0 Å². The number of para-hydroxylation sites is 5. The summed E-state index contributed by atoms with van der Waals surface area (Å²) in [6, 6.07) is 111. The lowest BCUT2D eigenvalue weighted by Crippen LogP contribution is -2.75. The smallest absolute Gasteiger partial charge is 0.252 e. The molecule has 4 nitrogen and oxygen atoms in total. The van der Waals surface area contributed by atoms with E-state index in [1.807, 2.05) is 0 Å². The van der Waals surface area contributed by atoms with Crippen LogP contribution in [0.25, 0.3) is 55.0 Å². The van der Waals surface area contributed by atoms with Crippen LogP contribution in [0.3, 0.4) is 0 Å². The molecule has 0 radical (unpaired) electrons. The first-order valence-electron chi connectivity index (χ1n) is 27.0. The van der Waals surface area contributed by atoms with Crippen LogP contribution < -0.4 is 46.9 Å². The molecule has 2 aliphatic heterocycles. The Hall–Kier alpha value is -9.88. The maximum atomic E-state index is 2.60. The van der Waals surface area contributed by atoms with Crippen LogP contribution in [0.15, 0.2) is 297 Å². The van der Waals surface area contributed by atoms with E-state index in [4.69, 9.17) is 0 Å². The van der Waals surface area contributed by atoms with E-state index in [9.17, 15) is 0 Å². The molecule has 0 saturated heterocycles. The number of fused-ring (bicyclic) bond motifs is 10. The molecule has 364 valence electrons. The van der Waals surface area contributed by atoms with Crippen LogP contribution in [0.5, 0.6) is 0 Å². The Balaban J connectivity index is 0.973. The van der Waals surface area contributed by atoms with Gasteiger partial charge in [0, 0.05) is 67.0 Å². The summed E-state index contributed by atoms with van der Waals surface area (Å²) in [4.78, 5) is 5.14. The SMILES string of the molecule is c1ccc(-n2c3ccccc3c3cc(N4c5ccccc5B5c6ccc([Si](c7ccccc7)(c7ccccc7)c7ccccc7)cc6N(c6ccc7c(c6)c6ccccc6n7-c6ccccc6)c6cccc4c65)ccc32)cc1. The normalized spacial score (nSPS) is 12.8. The van der Waals surface area contributed by atoms with Crippen molar-refractivity contribution in [1.29, 1.82) is 0 Å². The first-order valence-corrected chi connectivity index (χ1v) is 29.0. The van der Waals surface area contributed by atoms with E-state index < -0.39 is 8.07 Å². The molecule has 0 unspecified atom stereocenters. The van der Waals surface area contributed by atoms with Crippen molar-refractivity contribution in [2.75, 3.05) is 9.80 Å². The molecule has 0 aliphatic carbocycles. The maximum absolute atomic E-state index is 2.95. The molecular weight excluding hydrogens is 960 g/mol. The highest BCUT2D eigenvalue weighted by molar-refractivity contribution is 7.20. The quantitative estimate of drug-likeness (QED) is 0.111. The molecule has 0 bridgehead atoms. The third-order valence-corrected chi connectivity index (χ3v) is 21.6. The van der Waals surface area contributed by atoms with E-state index in [0.29, 0.717) is 0 Å². The van der Waals surface area contributed by atoms with Gasteiger partial charge in [0.2, 0.25) is 0 Å². The van der Waals surface area contributed by atoms with Crippen LogP contribution in [0, 0.1) is 0 Å². The monoisotopic (exact) mass is 1010 g/mol. The minimum Gasteiger partial charge on any atom is -0.311 e. The third kappa shape index (κ3) is 6.47. The lowest BCUT2D eigenvalue weighted by atomic mass is 9.33. The van der Waals surface area contributed by atoms with Crippen LogP contribution in [0.4, 0.5) is 34.1 Å². The van der Waals surface area contributed by atoms with Gasteiger partial charge in [0.25, 0.3) is 6.71 Å². The fraction of sp³-hybridized carbons (Fsp3) is 0. The van der Waals surface area contributed by atoms with Gasteiger partial charge >= 0.3 is 0 Å².